The molecule has 0 bridgehead atoms. The van der Waals surface area contributed by atoms with E-state index in [-0.39, 0.29) is 30.2 Å². The summed E-state index contributed by atoms with van der Waals surface area (Å²) in [7, 11) is 0. The maximum Gasteiger partial charge on any atom is 0.222 e. The lowest BCUT2D eigenvalue weighted by molar-refractivity contribution is -0.132. The fourth-order valence-corrected chi connectivity index (χ4v) is 2.50. The van der Waals surface area contributed by atoms with E-state index in [1.165, 1.54) is 12.1 Å². The van der Waals surface area contributed by atoms with Crippen LogP contribution in [0.2, 0.25) is 0 Å². The van der Waals surface area contributed by atoms with Crippen LogP contribution in [0.15, 0.2) is 24.3 Å². The number of nitrogens with zero attached hydrogens (tertiary/aromatic N) is 1. The van der Waals surface area contributed by atoms with Crippen LogP contribution < -0.4 is 10.5 Å². The van der Waals surface area contributed by atoms with E-state index in [0.717, 1.165) is 19.4 Å². The van der Waals surface area contributed by atoms with E-state index >= 15 is 0 Å². The molecule has 1 atom stereocenters. The zero-order valence-electron chi connectivity index (χ0n) is 12.0. The summed E-state index contributed by atoms with van der Waals surface area (Å²) in [6.07, 6.45) is 3.18. The summed E-state index contributed by atoms with van der Waals surface area (Å²) in [5, 5.41) is 0. The standard InChI is InChI=1S/C15H21FN2O2.ClH/c16-12-5-7-14(8-6-12)20-10-2-4-15(19)18-9-1-3-13(18)11-17;/h5-8,13H,1-4,9-11,17H2;1H. The molecule has 0 aliphatic carbocycles. The first-order valence-corrected chi connectivity index (χ1v) is 7.08. The molecule has 2 N–H and O–H groups in total. The summed E-state index contributed by atoms with van der Waals surface area (Å²) in [6, 6.07) is 6.10. The molecule has 1 heterocycles. The number of carbonyl (C=O) groups excluding carboxylic acids is 1. The normalized spacial score (nSPS) is 17.4. The van der Waals surface area contributed by atoms with Crippen LogP contribution >= 0.6 is 12.4 Å². The Morgan fingerprint density at radius 1 is 1.38 bits per heavy atom. The summed E-state index contributed by atoms with van der Waals surface area (Å²) in [5.41, 5.74) is 5.66. The summed E-state index contributed by atoms with van der Waals surface area (Å²) < 4.78 is 18.2. The number of nitrogens with two attached hydrogens (primary N) is 1. The third kappa shape index (κ3) is 5.17. The monoisotopic (exact) mass is 316 g/mol. The highest BCUT2D eigenvalue weighted by Crippen LogP contribution is 2.18. The molecular formula is C15H22ClFN2O2. The molecule has 1 fully saturated rings. The topological polar surface area (TPSA) is 55.6 Å². The average molecular weight is 317 g/mol. The van der Waals surface area contributed by atoms with E-state index < -0.39 is 0 Å². The summed E-state index contributed by atoms with van der Waals surface area (Å²) in [5.74, 6) is 0.495. The predicted octanol–water partition coefficient (Wildman–Crippen LogP) is 2.36. The fraction of sp³-hybridized carbons (Fsp3) is 0.533. The Kier molecular flexibility index (Phi) is 7.47. The van der Waals surface area contributed by atoms with Crippen molar-refractivity contribution in [3.8, 4) is 5.75 Å². The second kappa shape index (κ2) is 8.85. The van der Waals surface area contributed by atoms with E-state index in [4.69, 9.17) is 10.5 Å². The van der Waals surface area contributed by atoms with Crippen molar-refractivity contribution in [2.24, 2.45) is 5.73 Å². The smallest absolute Gasteiger partial charge is 0.222 e. The predicted molar refractivity (Wildman–Crippen MR) is 82.2 cm³/mol. The van der Waals surface area contributed by atoms with E-state index in [2.05, 4.69) is 0 Å². The second-order valence-electron chi connectivity index (χ2n) is 5.02. The molecule has 2 rings (SSSR count). The van der Waals surface area contributed by atoms with Crippen molar-refractivity contribution < 1.29 is 13.9 Å². The van der Waals surface area contributed by atoms with Gasteiger partial charge in [-0.25, -0.2) is 4.39 Å². The minimum atomic E-state index is -0.283. The molecule has 0 radical (unpaired) electrons. The highest BCUT2D eigenvalue weighted by atomic mass is 35.5. The Balaban J connectivity index is 0.00000220. The van der Waals surface area contributed by atoms with Gasteiger partial charge in [0.2, 0.25) is 5.91 Å². The van der Waals surface area contributed by atoms with Gasteiger partial charge in [0.15, 0.2) is 0 Å². The van der Waals surface area contributed by atoms with Gasteiger partial charge < -0.3 is 15.4 Å². The van der Waals surface area contributed by atoms with Crippen LogP contribution in [0.4, 0.5) is 4.39 Å². The number of hydrogen-bond acceptors (Lipinski definition) is 3. The quantitative estimate of drug-likeness (QED) is 0.820. The van der Waals surface area contributed by atoms with E-state index in [1.54, 1.807) is 12.1 Å². The molecule has 21 heavy (non-hydrogen) atoms. The maximum atomic E-state index is 12.7. The number of benzene rings is 1. The van der Waals surface area contributed by atoms with Gasteiger partial charge in [0, 0.05) is 25.6 Å². The molecule has 118 valence electrons. The number of halogens is 2. The van der Waals surface area contributed by atoms with Gasteiger partial charge in [0.25, 0.3) is 0 Å². The molecule has 1 aromatic rings. The first-order valence-electron chi connectivity index (χ1n) is 7.08. The summed E-state index contributed by atoms with van der Waals surface area (Å²) in [6.45, 7) is 1.82. The van der Waals surface area contributed by atoms with E-state index in [9.17, 15) is 9.18 Å². The van der Waals surface area contributed by atoms with Crippen LogP contribution in [0.1, 0.15) is 25.7 Å². The van der Waals surface area contributed by atoms with E-state index in [1.807, 2.05) is 4.90 Å². The second-order valence-corrected chi connectivity index (χ2v) is 5.02. The third-order valence-electron chi connectivity index (χ3n) is 3.59. The molecule has 1 saturated heterocycles. The Bertz CT molecular complexity index is 442. The lowest BCUT2D eigenvalue weighted by atomic mass is 10.2. The number of ether oxygens (including phenoxy) is 1. The molecule has 0 aromatic heterocycles. The van der Waals surface area contributed by atoms with Crippen LogP contribution in [-0.4, -0.2) is 36.5 Å². The molecule has 1 aliphatic rings. The van der Waals surface area contributed by atoms with Gasteiger partial charge in [-0.2, -0.15) is 0 Å². The number of rotatable bonds is 6. The van der Waals surface area contributed by atoms with Gasteiger partial charge in [-0.05, 0) is 43.5 Å². The first kappa shape index (κ1) is 17.7. The van der Waals surface area contributed by atoms with Crippen molar-refractivity contribution in [1.29, 1.82) is 0 Å². The van der Waals surface area contributed by atoms with Gasteiger partial charge in [-0.1, -0.05) is 0 Å². The Labute approximate surface area is 130 Å². The average Bonchev–Trinajstić information content (AvgIpc) is 2.94. The Morgan fingerprint density at radius 3 is 2.76 bits per heavy atom. The van der Waals surface area contributed by atoms with Gasteiger partial charge in [0.1, 0.15) is 11.6 Å². The highest BCUT2D eigenvalue weighted by molar-refractivity contribution is 5.85. The molecule has 4 nitrogen and oxygen atoms in total. The van der Waals surface area contributed by atoms with Gasteiger partial charge in [0.05, 0.1) is 6.61 Å². The van der Waals surface area contributed by atoms with Crippen molar-refractivity contribution in [2.45, 2.75) is 31.7 Å². The van der Waals surface area contributed by atoms with Crippen molar-refractivity contribution in [1.82, 2.24) is 4.90 Å². The van der Waals surface area contributed by atoms with Crippen LogP contribution in [0.25, 0.3) is 0 Å². The number of hydrogen-bond donors (Lipinski definition) is 1. The minimum absolute atomic E-state index is 0. The largest absolute Gasteiger partial charge is 0.494 e. The van der Waals surface area contributed by atoms with Gasteiger partial charge >= 0.3 is 0 Å². The van der Waals surface area contributed by atoms with Gasteiger partial charge in [-0.15, -0.1) is 12.4 Å². The van der Waals surface area contributed by atoms with Crippen molar-refractivity contribution in [3.63, 3.8) is 0 Å². The van der Waals surface area contributed by atoms with Crippen LogP contribution in [-0.2, 0) is 4.79 Å². The lowest BCUT2D eigenvalue weighted by Crippen LogP contribution is -2.39. The Morgan fingerprint density at radius 2 is 2.10 bits per heavy atom. The molecule has 6 heteroatoms. The van der Waals surface area contributed by atoms with Crippen LogP contribution in [0, 0.1) is 5.82 Å². The molecule has 1 aromatic carbocycles. The van der Waals surface area contributed by atoms with Gasteiger partial charge in [-0.3, -0.25) is 4.79 Å². The van der Waals surface area contributed by atoms with Crippen molar-refractivity contribution in [2.75, 3.05) is 19.7 Å². The number of carbonyl (C=O) groups is 1. The summed E-state index contributed by atoms with van der Waals surface area (Å²) in [4.78, 5) is 13.9. The molecule has 0 spiro atoms. The van der Waals surface area contributed by atoms with Crippen molar-refractivity contribution in [3.05, 3.63) is 30.1 Å². The minimum Gasteiger partial charge on any atom is -0.494 e. The molecule has 0 saturated carbocycles. The molecule has 1 amide bonds. The third-order valence-corrected chi connectivity index (χ3v) is 3.59. The molecule has 1 aliphatic heterocycles. The van der Waals surface area contributed by atoms with E-state index in [0.29, 0.717) is 31.7 Å². The maximum absolute atomic E-state index is 12.7. The fourth-order valence-electron chi connectivity index (χ4n) is 2.50. The lowest BCUT2D eigenvalue weighted by Gasteiger charge is -2.23. The zero-order chi connectivity index (χ0) is 14.4. The van der Waals surface area contributed by atoms with Crippen molar-refractivity contribution >= 4 is 18.3 Å². The first-order chi connectivity index (χ1) is 9.70. The SMILES string of the molecule is Cl.NCC1CCCN1C(=O)CCCOc1ccc(F)cc1. The van der Waals surface area contributed by atoms with Crippen LogP contribution in [0.5, 0.6) is 5.75 Å². The molecule has 1 unspecified atom stereocenters. The number of amides is 1. The summed E-state index contributed by atoms with van der Waals surface area (Å²) >= 11 is 0. The Hall–Kier alpha value is -1.33. The number of likely N-dealkylation sites (tertiary alicyclic amines) is 1. The zero-order valence-corrected chi connectivity index (χ0v) is 12.8. The molecular weight excluding hydrogens is 295 g/mol. The van der Waals surface area contributed by atoms with Crippen LogP contribution in [0.3, 0.4) is 0 Å². The highest BCUT2D eigenvalue weighted by Gasteiger charge is 2.26.